The fourth-order valence-corrected chi connectivity index (χ4v) is 2.00. The Balaban J connectivity index is 2.04. The topological polar surface area (TPSA) is 49.4 Å². The zero-order chi connectivity index (χ0) is 12.3. The van der Waals surface area contributed by atoms with Gasteiger partial charge in [-0.3, -0.25) is 9.69 Å². The van der Waals surface area contributed by atoms with Crippen LogP contribution in [0.15, 0.2) is 30.3 Å². The van der Waals surface area contributed by atoms with Gasteiger partial charge in [0.15, 0.2) is 0 Å². The van der Waals surface area contributed by atoms with Gasteiger partial charge >= 0.3 is 6.03 Å². The minimum atomic E-state index is -0.406. The van der Waals surface area contributed by atoms with Crippen molar-refractivity contribution in [2.45, 2.75) is 25.8 Å². The molecule has 0 radical (unpaired) electrons. The molecule has 3 amide bonds. The first kappa shape index (κ1) is 11.6. The van der Waals surface area contributed by atoms with Gasteiger partial charge in [0.2, 0.25) is 0 Å². The van der Waals surface area contributed by atoms with E-state index in [1.807, 2.05) is 37.3 Å². The third kappa shape index (κ3) is 2.46. The molecule has 1 aromatic rings. The van der Waals surface area contributed by atoms with E-state index in [2.05, 4.69) is 5.32 Å². The van der Waals surface area contributed by atoms with Crippen molar-refractivity contribution in [3.8, 4) is 0 Å². The summed E-state index contributed by atoms with van der Waals surface area (Å²) in [4.78, 5) is 24.8. The van der Waals surface area contributed by atoms with Gasteiger partial charge < -0.3 is 5.32 Å². The Labute approximate surface area is 101 Å². The predicted molar refractivity (Wildman–Crippen MR) is 64.5 cm³/mol. The summed E-state index contributed by atoms with van der Waals surface area (Å²) in [6.45, 7) is 2.45. The molecule has 4 nitrogen and oxygen atoms in total. The first-order valence-corrected chi connectivity index (χ1v) is 5.88. The zero-order valence-electron chi connectivity index (χ0n) is 9.85. The highest BCUT2D eigenvalue weighted by Gasteiger charge is 2.36. The van der Waals surface area contributed by atoms with E-state index in [0.29, 0.717) is 13.0 Å². The molecule has 0 saturated carbocycles. The van der Waals surface area contributed by atoms with Gasteiger partial charge in [0.05, 0.1) is 0 Å². The number of hydrogen-bond donors (Lipinski definition) is 1. The molecular formula is C13H16N2O2. The number of carbonyl (C=O) groups excluding carboxylic acids is 2. The molecule has 0 aliphatic carbocycles. The largest absolute Gasteiger partial charge is 0.325 e. The lowest BCUT2D eigenvalue weighted by Crippen LogP contribution is -2.32. The van der Waals surface area contributed by atoms with E-state index in [4.69, 9.17) is 0 Å². The van der Waals surface area contributed by atoms with E-state index in [-0.39, 0.29) is 11.9 Å². The van der Waals surface area contributed by atoms with E-state index in [1.165, 1.54) is 4.90 Å². The van der Waals surface area contributed by atoms with Gasteiger partial charge in [-0.1, -0.05) is 37.3 Å². The minimum Gasteiger partial charge on any atom is -0.325 e. The second kappa shape index (κ2) is 4.99. The highest BCUT2D eigenvalue weighted by Crippen LogP contribution is 2.12. The van der Waals surface area contributed by atoms with Crippen molar-refractivity contribution in [2.24, 2.45) is 0 Å². The van der Waals surface area contributed by atoms with Gasteiger partial charge in [0.1, 0.15) is 6.04 Å². The van der Waals surface area contributed by atoms with Crippen molar-refractivity contribution in [1.29, 1.82) is 0 Å². The van der Waals surface area contributed by atoms with Gasteiger partial charge in [-0.05, 0) is 12.0 Å². The van der Waals surface area contributed by atoms with Gasteiger partial charge in [0.25, 0.3) is 5.91 Å². The Morgan fingerprint density at radius 3 is 2.59 bits per heavy atom. The molecule has 0 bridgehead atoms. The monoisotopic (exact) mass is 232 g/mol. The molecule has 1 aliphatic heterocycles. The van der Waals surface area contributed by atoms with Crippen LogP contribution in [0.2, 0.25) is 0 Å². The second-order valence-corrected chi connectivity index (χ2v) is 4.18. The number of benzene rings is 1. The van der Waals surface area contributed by atoms with Crippen molar-refractivity contribution in [3.63, 3.8) is 0 Å². The van der Waals surface area contributed by atoms with Crippen molar-refractivity contribution in [2.75, 3.05) is 6.54 Å². The Morgan fingerprint density at radius 2 is 1.94 bits per heavy atom. The molecule has 2 rings (SSSR count). The molecule has 0 unspecified atom stereocenters. The predicted octanol–water partition coefficient (Wildman–Crippen LogP) is 1.56. The van der Waals surface area contributed by atoms with Crippen molar-refractivity contribution in [1.82, 2.24) is 10.2 Å². The second-order valence-electron chi connectivity index (χ2n) is 4.18. The van der Waals surface area contributed by atoms with Crippen LogP contribution in [0.3, 0.4) is 0 Å². The number of urea groups is 1. The summed E-state index contributed by atoms with van der Waals surface area (Å²) < 4.78 is 0. The van der Waals surface area contributed by atoms with Crippen LogP contribution < -0.4 is 5.32 Å². The number of hydrogen-bond acceptors (Lipinski definition) is 2. The number of amides is 3. The van der Waals surface area contributed by atoms with Crippen molar-refractivity contribution in [3.05, 3.63) is 35.9 Å². The molecule has 1 aromatic carbocycles. The summed E-state index contributed by atoms with van der Waals surface area (Å²) in [5.74, 6) is -0.110. The van der Waals surface area contributed by atoms with Crippen molar-refractivity contribution < 1.29 is 9.59 Å². The lowest BCUT2D eigenvalue weighted by molar-refractivity contribution is -0.127. The average Bonchev–Trinajstić information content (AvgIpc) is 2.59. The summed E-state index contributed by atoms with van der Waals surface area (Å²) in [7, 11) is 0. The Hall–Kier alpha value is -1.84. The molecule has 1 aliphatic rings. The lowest BCUT2D eigenvalue weighted by atomic mass is 10.1. The maximum Gasteiger partial charge on any atom is 0.324 e. The van der Waals surface area contributed by atoms with E-state index in [9.17, 15) is 9.59 Å². The SMILES string of the molecule is CCCN1C(=O)N[C@H](Cc2ccccc2)C1=O. The molecule has 17 heavy (non-hydrogen) atoms. The normalized spacial score (nSPS) is 19.6. The van der Waals surface area contributed by atoms with Gasteiger partial charge in [0, 0.05) is 13.0 Å². The number of rotatable bonds is 4. The van der Waals surface area contributed by atoms with E-state index in [1.54, 1.807) is 0 Å². The van der Waals surface area contributed by atoms with Crippen LogP contribution >= 0.6 is 0 Å². The first-order chi connectivity index (χ1) is 8.22. The van der Waals surface area contributed by atoms with Crippen LogP contribution in [0.1, 0.15) is 18.9 Å². The summed E-state index contributed by atoms with van der Waals surface area (Å²) in [5.41, 5.74) is 1.06. The molecule has 1 atom stereocenters. The molecule has 1 heterocycles. The molecular weight excluding hydrogens is 216 g/mol. The number of imide groups is 1. The molecule has 0 aromatic heterocycles. The van der Waals surface area contributed by atoms with Crippen LogP contribution in [0, 0.1) is 0 Å². The molecule has 0 spiro atoms. The Bertz CT molecular complexity index is 417. The standard InChI is InChI=1S/C13H16N2O2/c1-2-8-15-12(16)11(14-13(15)17)9-10-6-4-3-5-7-10/h3-7,11H,2,8-9H2,1H3,(H,14,17)/t11-/m1/s1. The van der Waals surface area contributed by atoms with E-state index >= 15 is 0 Å². The molecule has 1 fully saturated rings. The summed E-state index contributed by atoms with van der Waals surface area (Å²) in [6, 6.07) is 9.04. The summed E-state index contributed by atoms with van der Waals surface area (Å²) >= 11 is 0. The molecule has 1 saturated heterocycles. The van der Waals surface area contributed by atoms with Gasteiger partial charge in [-0.25, -0.2) is 4.79 Å². The van der Waals surface area contributed by atoms with Crippen LogP contribution in [0.4, 0.5) is 4.79 Å². The average molecular weight is 232 g/mol. The summed E-state index contributed by atoms with van der Waals surface area (Å²) in [5, 5.41) is 2.72. The molecule has 1 N–H and O–H groups in total. The highest BCUT2D eigenvalue weighted by molar-refractivity contribution is 6.04. The lowest BCUT2D eigenvalue weighted by Gasteiger charge is -2.11. The van der Waals surface area contributed by atoms with Gasteiger partial charge in [-0.2, -0.15) is 0 Å². The third-order valence-corrected chi connectivity index (χ3v) is 2.84. The highest BCUT2D eigenvalue weighted by atomic mass is 16.2. The van der Waals surface area contributed by atoms with E-state index < -0.39 is 6.04 Å². The maximum atomic E-state index is 12.0. The minimum absolute atomic E-state index is 0.110. The number of nitrogens with one attached hydrogen (secondary N) is 1. The number of carbonyl (C=O) groups is 2. The first-order valence-electron chi connectivity index (χ1n) is 5.88. The fraction of sp³-hybridized carbons (Fsp3) is 0.385. The molecule has 90 valence electrons. The quantitative estimate of drug-likeness (QED) is 0.801. The fourth-order valence-electron chi connectivity index (χ4n) is 2.00. The zero-order valence-corrected chi connectivity index (χ0v) is 9.85. The smallest absolute Gasteiger partial charge is 0.324 e. The third-order valence-electron chi connectivity index (χ3n) is 2.84. The van der Waals surface area contributed by atoms with E-state index in [0.717, 1.165) is 12.0 Å². The Morgan fingerprint density at radius 1 is 1.24 bits per heavy atom. The summed E-state index contributed by atoms with van der Waals surface area (Å²) in [6.07, 6.45) is 1.35. The number of nitrogens with zero attached hydrogens (tertiary/aromatic N) is 1. The van der Waals surface area contributed by atoms with Gasteiger partial charge in [-0.15, -0.1) is 0 Å². The Kier molecular flexibility index (Phi) is 3.42. The van der Waals surface area contributed by atoms with Crippen molar-refractivity contribution >= 4 is 11.9 Å². The van der Waals surface area contributed by atoms with Crippen LogP contribution in [0.5, 0.6) is 0 Å². The van der Waals surface area contributed by atoms with Crippen LogP contribution in [-0.4, -0.2) is 29.4 Å². The van der Waals surface area contributed by atoms with Crippen LogP contribution in [0.25, 0.3) is 0 Å². The molecule has 4 heteroatoms. The maximum absolute atomic E-state index is 12.0. The van der Waals surface area contributed by atoms with Crippen LogP contribution in [-0.2, 0) is 11.2 Å².